The Bertz CT molecular complexity index is 552. The molecule has 0 spiro atoms. The molecule has 15 heavy (non-hydrogen) atoms. The van der Waals surface area contributed by atoms with Gasteiger partial charge in [0.1, 0.15) is 0 Å². The molecule has 0 aromatic carbocycles. The summed E-state index contributed by atoms with van der Waals surface area (Å²) >= 11 is 0. The molecular weight excluding hydrogens is 188 g/mol. The Morgan fingerprint density at radius 3 is 2.53 bits per heavy atom. The van der Waals surface area contributed by atoms with Crippen molar-refractivity contribution in [1.29, 1.82) is 0 Å². The van der Waals surface area contributed by atoms with Gasteiger partial charge in [0, 0.05) is 5.69 Å². The Labute approximate surface area is 88.7 Å². The minimum Gasteiger partial charge on any atom is -0.294 e. The maximum absolute atomic E-state index is 11.5. The summed E-state index contributed by atoms with van der Waals surface area (Å²) in [5.41, 5.74) is 4.67. The van der Waals surface area contributed by atoms with Crippen LogP contribution >= 0.6 is 0 Å². The van der Waals surface area contributed by atoms with E-state index in [0.29, 0.717) is 0 Å². The lowest BCUT2D eigenvalue weighted by Gasteiger charge is -2.01. The van der Waals surface area contributed by atoms with Crippen LogP contribution in [0, 0.1) is 20.8 Å². The topological polar surface area (TPSA) is 34.4 Å². The summed E-state index contributed by atoms with van der Waals surface area (Å²) in [6, 6.07) is 4.06. The van der Waals surface area contributed by atoms with Crippen LogP contribution in [-0.4, -0.2) is 15.4 Å². The van der Waals surface area contributed by atoms with Crippen LogP contribution in [0.15, 0.2) is 12.1 Å². The number of fused-ring (bicyclic) bond motifs is 1. The van der Waals surface area contributed by atoms with E-state index in [2.05, 4.69) is 11.2 Å². The highest BCUT2D eigenvalue weighted by Crippen LogP contribution is 2.19. The molecule has 0 fully saturated rings. The van der Waals surface area contributed by atoms with Crippen LogP contribution in [0.1, 0.15) is 34.2 Å². The van der Waals surface area contributed by atoms with Gasteiger partial charge in [-0.15, -0.1) is 0 Å². The van der Waals surface area contributed by atoms with Gasteiger partial charge >= 0.3 is 0 Å². The van der Waals surface area contributed by atoms with Gasteiger partial charge in [-0.1, -0.05) is 0 Å². The van der Waals surface area contributed by atoms with Crippen LogP contribution in [-0.2, 0) is 0 Å². The average molecular weight is 202 g/mol. The summed E-state index contributed by atoms with van der Waals surface area (Å²) in [6.45, 7) is 7.48. The maximum Gasteiger partial charge on any atom is 0.163 e. The monoisotopic (exact) mass is 202 g/mol. The number of hydrogen-bond donors (Lipinski definition) is 0. The third-order valence-electron chi connectivity index (χ3n) is 2.58. The minimum absolute atomic E-state index is 0.0764. The summed E-state index contributed by atoms with van der Waals surface area (Å²) in [7, 11) is 0. The Balaban J connectivity index is 2.93. The largest absolute Gasteiger partial charge is 0.294 e. The molecule has 0 saturated heterocycles. The second kappa shape index (κ2) is 3.19. The lowest BCUT2D eigenvalue weighted by Crippen LogP contribution is -1.96. The Morgan fingerprint density at radius 1 is 1.27 bits per heavy atom. The van der Waals surface area contributed by atoms with Crippen molar-refractivity contribution in [2.24, 2.45) is 0 Å². The second-order valence-electron chi connectivity index (χ2n) is 3.99. The first-order valence-corrected chi connectivity index (χ1v) is 4.98. The van der Waals surface area contributed by atoms with Gasteiger partial charge in [-0.2, -0.15) is 5.10 Å². The quantitative estimate of drug-likeness (QED) is 0.666. The molecular formula is C12H14N2O. The fourth-order valence-electron chi connectivity index (χ4n) is 2.03. The first kappa shape index (κ1) is 9.90. The molecule has 0 amide bonds. The number of carbonyl (C=O) groups excluding carboxylic acids is 1. The highest BCUT2D eigenvalue weighted by molar-refractivity contribution is 6.02. The number of pyridine rings is 1. The molecule has 78 valence electrons. The van der Waals surface area contributed by atoms with Crippen molar-refractivity contribution in [3.05, 3.63) is 34.6 Å². The van der Waals surface area contributed by atoms with Crippen LogP contribution < -0.4 is 0 Å². The lowest BCUT2D eigenvalue weighted by molar-refractivity contribution is 0.101. The van der Waals surface area contributed by atoms with Crippen molar-refractivity contribution in [3.63, 3.8) is 0 Å². The van der Waals surface area contributed by atoms with Crippen LogP contribution in [0.4, 0.5) is 0 Å². The molecule has 3 nitrogen and oxygen atoms in total. The van der Waals surface area contributed by atoms with Crippen LogP contribution in [0.5, 0.6) is 0 Å². The van der Waals surface area contributed by atoms with Crippen molar-refractivity contribution < 1.29 is 4.79 Å². The molecule has 3 heteroatoms. The van der Waals surface area contributed by atoms with Crippen LogP contribution in [0.2, 0.25) is 0 Å². The van der Waals surface area contributed by atoms with Gasteiger partial charge in [0.2, 0.25) is 0 Å². The molecule has 2 aromatic heterocycles. The Hall–Kier alpha value is -1.64. The van der Waals surface area contributed by atoms with E-state index in [1.54, 1.807) is 6.92 Å². The van der Waals surface area contributed by atoms with E-state index >= 15 is 0 Å². The molecule has 0 radical (unpaired) electrons. The Kier molecular flexibility index (Phi) is 2.11. The summed E-state index contributed by atoms with van der Waals surface area (Å²) in [4.78, 5) is 11.5. The Morgan fingerprint density at radius 2 is 1.93 bits per heavy atom. The zero-order chi connectivity index (χ0) is 11.2. The molecule has 0 atom stereocenters. The minimum atomic E-state index is 0.0764. The fourth-order valence-corrected chi connectivity index (χ4v) is 2.03. The van der Waals surface area contributed by atoms with E-state index < -0.39 is 0 Å². The number of rotatable bonds is 1. The number of aryl methyl sites for hydroxylation is 3. The summed E-state index contributed by atoms with van der Waals surface area (Å²) in [5, 5.41) is 4.37. The molecule has 0 aliphatic rings. The highest BCUT2D eigenvalue weighted by atomic mass is 16.1. The third kappa shape index (κ3) is 1.44. The van der Waals surface area contributed by atoms with E-state index in [9.17, 15) is 4.79 Å². The van der Waals surface area contributed by atoms with Crippen molar-refractivity contribution in [1.82, 2.24) is 9.61 Å². The molecule has 2 rings (SSSR count). The lowest BCUT2D eigenvalue weighted by atomic mass is 10.1. The molecule has 0 bridgehead atoms. The van der Waals surface area contributed by atoms with E-state index in [4.69, 9.17) is 0 Å². The predicted molar refractivity (Wildman–Crippen MR) is 59.4 cm³/mol. The maximum atomic E-state index is 11.5. The molecule has 0 saturated carbocycles. The summed E-state index contributed by atoms with van der Waals surface area (Å²) in [6.07, 6.45) is 0. The predicted octanol–water partition coefficient (Wildman–Crippen LogP) is 2.46. The van der Waals surface area contributed by atoms with Crippen LogP contribution in [0.25, 0.3) is 5.52 Å². The number of ketones is 1. The van der Waals surface area contributed by atoms with Crippen molar-refractivity contribution in [3.8, 4) is 0 Å². The highest BCUT2D eigenvalue weighted by Gasteiger charge is 2.14. The molecule has 0 unspecified atom stereocenters. The standard InChI is InChI=1S/C12H14N2O/c1-7-5-8(2)14-11(6-7)12(10(4)15)9(3)13-14/h5-6H,1-4H3. The number of nitrogens with zero attached hydrogens (tertiary/aromatic N) is 2. The van der Waals surface area contributed by atoms with E-state index in [0.717, 1.165) is 28.0 Å². The first-order valence-electron chi connectivity index (χ1n) is 4.98. The molecule has 2 aromatic rings. The van der Waals surface area contributed by atoms with Gasteiger partial charge in [-0.25, -0.2) is 4.52 Å². The van der Waals surface area contributed by atoms with Gasteiger partial charge in [-0.05, 0) is 45.4 Å². The molecule has 2 heterocycles. The normalized spacial score (nSPS) is 10.9. The number of carbonyl (C=O) groups is 1. The van der Waals surface area contributed by atoms with Gasteiger partial charge in [0.15, 0.2) is 5.78 Å². The molecule has 0 aliphatic heterocycles. The number of hydrogen-bond acceptors (Lipinski definition) is 2. The van der Waals surface area contributed by atoms with Gasteiger partial charge in [-0.3, -0.25) is 4.79 Å². The zero-order valence-electron chi connectivity index (χ0n) is 9.46. The van der Waals surface area contributed by atoms with Crippen molar-refractivity contribution in [2.45, 2.75) is 27.7 Å². The third-order valence-corrected chi connectivity index (χ3v) is 2.58. The number of Topliss-reactive ketones (excluding diaryl/α,β-unsaturated/α-hetero) is 1. The van der Waals surface area contributed by atoms with E-state index in [-0.39, 0.29) is 5.78 Å². The number of aromatic nitrogens is 2. The zero-order valence-corrected chi connectivity index (χ0v) is 9.46. The smallest absolute Gasteiger partial charge is 0.163 e. The van der Waals surface area contributed by atoms with Crippen molar-refractivity contribution >= 4 is 11.3 Å². The van der Waals surface area contributed by atoms with Gasteiger partial charge in [0.05, 0.1) is 16.8 Å². The average Bonchev–Trinajstić information content (AvgIpc) is 2.41. The summed E-state index contributed by atoms with van der Waals surface area (Å²) in [5.74, 6) is 0.0764. The van der Waals surface area contributed by atoms with Crippen LogP contribution in [0.3, 0.4) is 0 Å². The SMILES string of the molecule is CC(=O)c1c(C)nn2c(C)cc(C)cc12. The fraction of sp³-hybridized carbons (Fsp3) is 0.333. The van der Waals surface area contributed by atoms with Gasteiger partial charge < -0.3 is 0 Å². The first-order chi connectivity index (χ1) is 7.00. The summed E-state index contributed by atoms with van der Waals surface area (Å²) < 4.78 is 1.83. The molecule has 0 aliphatic carbocycles. The van der Waals surface area contributed by atoms with Crippen molar-refractivity contribution in [2.75, 3.05) is 0 Å². The van der Waals surface area contributed by atoms with E-state index in [1.165, 1.54) is 0 Å². The molecule has 0 N–H and O–H groups in total. The second-order valence-corrected chi connectivity index (χ2v) is 3.99. The van der Waals surface area contributed by atoms with Gasteiger partial charge in [0.25, 0.3) is 0 Å². The van der Waals surface area contributed by atoms with E-state index in [1.807, 2.05) is 31.4 Å².